The lowest BCUT2D eigenvalue weighted by Gasteiger charge is -2.06. The molecule has 0 amide bonds. The van der Waals surface area contributed by atoms with Crippen molar-refractivity contribution in [3.63, 3.8) is 0 Å². The molecule has 1 aromatic rings. The normalized spacial score (nSPS) is 10.3. The first-order valence-corrected chi connectivity index (χ1v) is 4.90. The number of benzene rings is 1. The Bertz CT molecular complexity index is 281. The van der Waals surface area contributed by atoms with E-state index in [1.54, 1.807) is 0 Å². The van der Waals surface area contributed by atoms with Gasteiger partial charge in [0.25, 0.3) is 0 Å². The van der Waals surface area contributed by atoms with Crippen LogP contribution in [0.2, 0.25) is 0 Å². The van der Waals surface area contributed by atoms with Crippen LogP contribution in [-0.4, -0.2) is 6.54 Å². The molecule has 0 heterocycles. The van der Waals surface area contributed by atoms with Crippen LogP contribution in [0.25, 0.3) is 0 Å². The van der Waals surface area contributed by atoms with Crippen molar-refractivity contribution in [1.82, 2.24) is 0 Å². The lowest BCUT2D eigenvalue weighted by Crippen LogP contribution is -2.03. The van der Waals surface area contributed by atoms with E-state index < -0.39 is 0 Å². The summed E-state index contributed by atoms with van der Waals surface area (Å²) in [6.45, 7) is 4.95. The second-order valence-electron chi connectivity index (χ2n) is 3.07. The first-order valence-electron chi connectivity index (χ1n) is 4.11. The molecular formula is C10H14BrN. The van der Waals surface area contributed by atoms with Crippen molar-refractivity contribution in [2.24, 2.45) is 5.73 Å². The van der Waals surface area contributed by atoms with Crippen molar-refractivity contribution in [1.29, 1.82) is 0 Å². The smallest absolute Gasteiger partial charge is 0.0210 e. The first kappa shape index (κ1) is 9.75. The Labute approximate surface area is 82.1 Å². The fourth-order valence-electron chi connectivity index (χ4n) is 1.19. The molecule has 2 heteroatoms. The van der Waals surface area contributed by atoms with E-state index in [1.165, 1.54) is 21.2 Å². The molecule has 0 atom stereocenters. The third-order valence-electron chi connectivity index (χ3n) is 2.08. The quantitative estimate of drug-likeness (QED) is 0.827. The topological polar surface area (TPSA) is 26.0 Å². The monoisotopic (exact) mass is 227 g/mol. The van der Waals surface area contributed by atoms with Crippen LogP contribution in [0.1, 0.15) is 16.7 Å². The predicted molar refractivity (Wildman–Crippen MR) is 56.4 cm³/mol. The van der Waals surface area contributed by atoms with Crippen molar-refractivity contribution >= 4 is 15.9 Å². The molecule has 0 spiro atoms. The number of aryl methyl sites for hydroxylation is 2. The van der Waals surface area contributed by atoms with Gasteiger partial charge in [0.1, 0.15) is 0 Å². The molecular weight excluding hydrogens is 214 g/mol. The SMILES string of the molecule is Cc1cc(Br)c(CCN)cc1C. The molecule has 12 heavy (non-hydrogen) atoms. The van der Waals surface area contributed by atoms with Gasteiger partial charge in [0.05, 0.1) is 0 Å². The van der Waals surface area contributed by atoms with E-state index in [0.29, 0.717) is 6.54 Å². The highest BCUT2D eigenvalue weighted by molar-refractivity contribution is 9.10. The minimum Gasteiger partial charge on any atom is -0.330 e. The molecule has 0 radical (unpaired) electrons. The van der Waals surface area contributed by atoms with Crippen LogP contribution in [0.15, 0.2) is 16.6 Å². The average Bonchev–Trinajstić information content (AvgIpc) is 2.01. The third kappa shape index (κ3) is 2.08. The van der Waals surface area contributed by atoms with Gasteiger partial charge in [-0.25, -0.2) is 0 Å². The van der Waals surface area contributed by atoms with E-state index >= 15 is 0 Å². The number of rotatable bonds is 2. The van der Waals surface area contributed by atoms with Gasteiger partial charge in [-0.1, -0.05) is 22.0 Å². The maximum absolute atomic E-state index is 5.50. The third-order valence-corrected chi connectivity index (χ3v) is 2.81. The Balaban J connectivity index is 3.05. The van der Waals surface area contributed by atoms with E-state index in [2.05, 4.69) is 41.9 Å². The largest absolute Gasteiger partial charge is 0.330 e. The van der Waals surface area contributed by atoms with Gasteiger partial charge in [-0.15, -0.1) is 0 Å². The van der Waals surface area contributed by atoms with Crippen molar-refractivity contribution in [2.75, 3.05) is 6.54 Å². The predicted octanol–water partition coefficient (Wildman–Crippen LogP) is 2.57. The van der Waals surface area contributed by atoms with E-state index in [1.807, 2.05) is 0 Å². The van der Waals surface area contributed by atoms with Gasteiger partial charge in [0, 0.05) is 4.47 Å². The fraction of sp³-hybridized carbons (Fsp3) is 0.400. The molecule has 2 N–H and O–H groups in total. The summed E-state index contributed by atoms with van der Waals surface area (Å²) in [5.74, 6) is 0. The first-order chi connectivity index (χ1) is 5.65. The highest BCUT2D eigenvalue weighted by Crippen LogP contribution is 2.21. The van der Waals surface area contributed by atoms with Crippen LogP contribution in [0.4, 0.5) is 0 Å². The van der Waals surface area contributed by atoms with Crippen LogP contribution in [0.3, 0.4) is 0 Å². The molecule has 66 valence electrons. The van der Waals surface area contributed by atoms with Crippen molar-refractivity contribution in [3.05, 3.63) is 33.3 Å². The molecule has 0 bridgehead atoms. The Morgan fingerprint density at radius 2 is 1.83 bits per heavy atom. The maximum Gasteiger partial charge on any atom is 0.0210 e. The molecule has 0 aromatic heterocycles. The standard InChI is InChI=1S/C10H14BrN/c1-7-5-9(3-4-12)10(11)6-8(7)2/h5-6H,3-4,12H2,1-2H3. The van der Waals surface area contributed by atoms with Crippen LogP contribution in [0.5, 0.6) is 0 Å². The Morgan fingerprint density at radius 3 is 2.42 bits per heavy atom. The second-order valence-corrected chi connectivity index (χ2v) is 3.92. The summed E-state index contributed by atoms with van der Waals surface area (Å²) < 4.78 is 1.18. The highest BCUT2D eigenvalue weighted by atomic mass is 79.9. The van der Waals surface area contributed by atoms with Gasteiger partial charge in [-0.3, -0.25) is 0 Å². The van der Waals surface area contributed by atoms with Crippen LogP contribution in [-0.2, 0) is 6.42 Å². The van der Waals surface area contributed by atoms with Crippen molar-refractivity contribution in [2.45, 2.75) is 20.3 Å². The summed E-state index contributed by atoms with van der Waals surface area (Å²) >= 11 is 3.53. The molecule has 0 aliphatic rings. The highest BCUT2D eigenvalue weighted by Gasteiger charge is 2.01. The minimum absolute atomic E-state index is 0.709. The summed E-state index contributed by atoms with van der Waals surface area (Å²) in [7, 11) is 0. The van der Waals surface area contributed by atoms with E-state index in [4.69, 9.17) is 5.73 Å². The number of hydrogen-bond acceptors (Lipinski definition) is 1. The molecule has 1 aromatic carbocycles. The molecule has 1 nitrogen and oxygen atoms in total. The van der Waals surface area contributed by atoms with Gasteiger partial charge in [-0.05, 0) is 49.6 Å². The number of hydrogen-bond donors (Lipinski definition) is 1. The summed E-state index contributed by atoms with van der Waals surface area (Å²) in [5.41, 5.74) is 9.46. The summed E-state index contributed by atoms with van der Waals surface area (Å²) in [6, 6.07) is 4.35. The van der Waals surface area contributed by atoms with Crippen LogP contribution >= 0.6 is 15.9 Å². The molecule has 0 saturated heterocycles. The number of halogens is 1. The van der Waals surface area contributed by atoms with Gasteiger partial charge in [-0.2, -0.15) is 0 Å². The zero-order valence-electron chi connectivity index (χ0n) is 7.52. The molecule has 0 aliphatic heterocycles. The molecule has 0 aliphatic carbocycles. The van der Waals surface area contributed by atoms with Crippen LogP contribution in [0, 0.1) is 13.8 Å². The van der Waals surface area contributed by atoms with Gasteiger partial charge in [0.2, 0.25) is 0 Å². The Morgan fingerprint density at radius 1 is 1.25 bits per heavy atom. The summed E-state index contributed by atoms with van der Waals surface area (Å²) in [5, 5.41) is 0. The van der Waals surface area contributed by atoms with Gasteiger partial charge in [0.15, 0.2) is 0 Å². The van der Waals surface area contributed by atoms with Crippen molar-refractivity contribution < 1.29 is 0 Å². The van der Waals surface area contributed by atoms with E-state index in [0.717, 1.165) is 6.42 Å². The molecule has 0 unspecified atom stereocenters. The second kappa shape index (κ2) is 4.06. The lowest BCUT2D eigenvalue weighted by molar-refractivity contribution is 0.959. The fourth-order valence-corrected chi connectivity index (χ4v) is 1.84. The average molecular weight is 228 g/mol. The Hall–Kier alpha value is -0.340. The minimum atomic E-state index is 0.709. The maximum atomic E-state index is 5.50. The zero-order chi connectivity index (χ0) is 9.14. The van der Waals surface area contributed by atoms with Gasteiger partial charge < -0.3 is 5.73 Å². The van der Waals surface area contributed by atoms with Gasteiger partial charge >= 0.3 is 0 Å². The molecule has 1 rings (SSSR count). The summed E-state index contributed by atoms with van der Waals surface area (Å²) in [4.78, 5) is 0. The van der Waals surface area contributed by atoms with Crippen molar-refractivity contribution in [3.8, 4) is 0 Å². The Kier molecular flexibility index (Phi) is 3.29. The van der Waals surface area contributed by atoms with Crippen LogP contribution < -0.4 is 5.73 Å². The molecule has 0 fully saturated rings. The zero-order valence-corrected chi connectivity index (χ0v) is 9.11. The number of nitrogens with two attached hydrogens (primary N) is 1. The molecule has 0 saturated carbocycles. The van der Waals surface area contributed by atoms with E-state index in [9.17, 15) is 0 Å². The lowest BCUT2D eigenvalue weighted by atomic mass is 10.0. The summed E-state index contributed by atoms with van der Waals surface area (Å²) in [6.07, 6.45) is 0.946. The van der Waals surface area contributed by atoms with E-state index in [-0.39, 0.29) is 0 Å².